The molecule has 2 aromatic heterocycles. The number of rotatable bonds is 13. The number of nitrogens with zero attached hydrogens (tertiary/aromatic N) is 2. The van der Waals surface area contributed by atoms with E-state index in [0.29, 0.717) is 23.7 Å². The fourth-order valence-corrected chi connectivity index (χ4v) is 11.9. The van der Waals surface area contributed by atoms with Gasteiger partial charge in [0.25, 0.3) is 0 Å². The standard InChI is InChI=1S/C38H62N6O3/c1-24(2)7-6-8-25(3)30-9-10-31-28-17-34(42-16-13-27-19-40-22-43-27)38(46)18-26(29(21-47-35(39)45)33-20-41-23-44-33)11-15-37(38,5)32(28)12-14-36(30,31)4/h19-20,22-26,28-32,34,42,46H,6-18,21H2,1-5H3,(H2,39,45)(H,40,43)(H,41,44)/t25?,26-,28-,29?,30+,31-,32-,34+,36+,37+,38-/m0/s1. The van der Waals surface area contributed by atoms with Crippen LogP contribution >= 0.6 is 0 Å². The van der Waals surface area contributed by atoms with Crippen LogP contribution in [-0.4, -0.2) is 55.9 Å². The molecule has 2 aromatic rings. The van der Waals surface area contributed by atoms with Crippen molar-refractivity contribution in [3.05, 3.63) is 36.4 Å². The van der Waals surface area contributed by atoms with Gasteiger partial charge in [0, 0.05) is 54.1 Å². The zero-order valence-electron chi connectivity index (χ0n) is 29.6. The third kappa shape index (κ3) is 6.52. The summed E-state index contributed by atoms with van der Waals surface area (Å²) in [5, 5.41) is 17.2. The van der Waals surface area contributed by atoms with E-state index in [-0.39, 0.29) is 29.9 Å². The summed E-state index contributed by atoms with van der Waals surface area (Å²) in [5.41, 5.74) is 6.80. The molecular weight excluding hydrogens is 588 g/mol. The van der Waals surface area contributed by atoms with Gasteiger partial charge in [-0.1, -0.05) is 53.9 Å². The zero-order chi connectivity index (χ0) is 33.4. The predicted molar refractivity (Wildman–Crippen MR) is 184 cm³/mol. The van der Waals surface area contributed by atoms with Crippen LogP contribution in [0.25, 0.3) is 0 Å². The average Bonchev–Trinajstić information content (AvgIpc) is 3.80. The summed E-state index contributed by atoms with van der Waals surface area (Å²) in [6.07, 6.45) is 20.1. The van der Waals surface area contributed by atoms with Crippen LogP contribution in [0, 0.1) is 52.3 Å². The van der Waals surface area contributed by atoms with Gasteiger partial charge in [-0.05, 0) is 98.2 Å². The zero-order valence-corrected chi connectivity index (χ0v) is 29.6. The number of nitrogens with two attached hydrogens (primary N) is 1. The molecule has 0 aromatic carbocycles. The van der Waals surface area contributed by atoms with Crippen LogP contribution in [-0.2, 0) is 11.2 Å². The molecule has 4 aliphatic rings. The van der Waals surface area contributed by atoms with E-state index >= 15 is 0 Å². The molecule has 0 spiro atoms. The molecule has 0 radical (unpaired) electrons. The second-order valence-corrected chi connectivity index (χ2v) is 17.1. The van der Waals surface area contributed by atoms with Crippen molar-refractivity contribution in [2.75, 3.05) is 13.2 Å². The molecule has 262 valence electrons. The van der Waals surface area contributed by atoms with Crippen LogP contribution in [0.4, 0.5) is 4.79 Å². The Balaban J connectivity index is 1.26. The molecule has 2 heterocycles. The van der Waals surface area contributed by atoms with E-state index in [4.69, 9.17) is 10.5 Å². The van der Waals surface area contributed by atoms with Gasteiger partial charge < -0.3 is 30.9 Å². The highest BCUT2D eigenvalue weighted by molar-refractivity contribution is 5.64. The Hall–Kier alpha value is -2.39. The molecule has 11 atom stereocenters. The fraction of sp³-hybridized carbons (Fsp3) is 0.816. The summed E-state index contributed by atoms with van der Waals surface area (Å²) in [4.78, 5) is 26.7. The average molecular weight is 651 g/mol. The Morgan fingerprint density at radius 2 is 1.85 bits per heavy atom. The van der Waals surface area contributed by atoms with Crippen molar-refractivity contribution < 1.29 is 14.6 Å². The van der Waals surface area contributed by atoms with Gasteiger partial charge in [0.1, 0.15) is 6.61 Å². The number of fused-ring (bicyclic) bond motifs is 5. The maximum atomic E-state index is 13.2. The molecule has 4 saturated carbocycles. The number of imidazole rings is 2. The number of amides is 1. The van der Waals surface area contributed by atoms with Gasteiger partial charge >= 0.3 is 6.09 Å². The molecular formula is C38H62N6O3. The van der Waals surface area contributed by atoms with Crippen molar-refractivity contribution in [2.24, 2.45) is 58.0 Å². The van der Waals surface area contributed by atoms with Gasteiger partial charge in [0.15, 0.2) is 0 Å². The highest BCUT2D eigenvalue weighted by Gasteiger charge is 2.67. The highest BCUT2D eigenvalue weighted by Crippen LogP contribution is 2.70. The summed E-state index contributed by atoms with van der Waals surface area (Å²) in [7, 11) is 0. The third-order valence-corrected chi connectivity index (χ3v) is 14.4. The quantitative estimate of drug-likeness (QED) is 0.158. The van der Waals surface area contributed by atoms with Crippen LogP contribution in [0.2, 0.25) is 0 Å². The number of ether oxygens (including phenoxy) is 1. The molecule has 4 aliphatic carbocycles. The van der Waals surface area contributed by atoms with E-state index in [1.54, 1.807) is 12.7 Å². The lowest BCUT2D eigenvalue weighted by atomic mass is 9.41. The first-order valence-corrected chi connectivity index (χ1v) is 18.8. The summed E-state index contributed by atoms with van der Waals surface area (Å²) in [6.45, 7) is 13.3. The summed E-state index contributed by atoms with van der Waals surface area (Å²) >= 11 is 0. The van der Waals surface area contributed by atoms with Gasteiger partial charge in [0.05, 0.1) is 18.3 Å². The van der Waals surface area contributed by atoms with Gasteiger partial charge in [-0.2, -0.15) is 0 Å². The van der Waals surface area contributed by atoms with E-state index in [9.17, 15) is 9.90 Å². The molecule has 4 fully saturated rings. The first-order valence-electron chi connectivity index (χ1n) is 18.8. The smallest absolute Gasteiger partial charge is 0.404 e. The topological polar surface area (TPSA) is 142 Å². The van der Waals surface area contributed by atoms with Gasteiger partial charge in [0.2, 0.25) is 0 Å². The van der Waals surface area contributed by atoms with Crippen molar-refractivity contribution in [3.63, 3.8) is 0 Å². The van der Waals surface area contributed by atoms with Crippen molar-refractivity contribution in [2.45, 2.75) is 129 Å². The highest BCUT2D eigenvalue weighted by atomic mass is 16.5. The number of carbonyl (C=O) groups excluding carboxylic acids is 1. The Labute approximate surface area is 282 Å². The summed E-state index contributed by atoms with van der Waals surface area (Å²) in [6, 6.07) is -0.0104. The SMILES string of the molecule is CC(C)CCCC(C)[C@H]1CC[C@H]2[C@@H]3C[C@@H](NCCc4cnc[nH]4)[C@@]4(O)C[C@@H](C(COC(N)=O)c5cnc[nH]5)CC[C@]4(C)[C@H]3CC[C@]12C. The molecule has 9 nitrogen and oxygen atoms in total. The van der Waals surface area contributed by atoms with Crippen LogP contribution in [0.1, 0.15) is 123 Å². The van der Waals surface area contributed by atoms with Crippen molar-refractivity contribution >= 4 is 6.09 Å². The van der Waals surface area contributed by atoms with E-state index in [0.717, 1.165) is 67.3 Å². The van der Waals surface area contributed by atoms with Gasteiger partial charge in [-0.15, -0.1) is 0 Å². The molecule has 6 N–H and O–H groups in total. The monoisotopic (exact) mass is 650 g/mol. The first kappa shape index (κ1) is 34.5. The lowest BCUT2D eigenvalue weighted by molar-refractivity contribution is -0.229. The maximum Gasteiger partial charge on any atom is 0.404 e. The number of aromatic nitrogens is 4. The van der Waals surface area contributed by atoms with E-state index < -0.39 is 11.7 Å². The lowest BCUT2D eigenvalue weighted by Gasteiger charge is -2.67. The molecule has 0 aliphatic heterocycles. The van der Waals surface area contributed by atoms with Gasteiger partial charge in [-0.3, -0.25) is 0 Å². The van der Waals surface area contributed by atoms with Crippen LogP contribution < -0.4 is 11.1 Å². The minimum Gasteiger partial charge on any atom is -0.449 e. The number of hydrogen-bond donors (Lipinski definition) is 5. The third-order valence-electron chi connectivity index (χ3n) is 14.4. The molecule has 2 unspecified atom stereocenters. The minimum atomic E-state index is -0.883. The number of hydrogen-bond acceptors (Lipinski definition) is 6. The Morgan fingerprint density at radius 3 is 2.55 bits per heavy atom. The number of H-pyrrole nitrogens is 2. The largest absolute Gasteiger partial charge is 0.449 e. The molecule has 1 amide bonds. The molecule has 6 rings (SSSR count). The van der Waals surface area contributed by atoms with Crippen molar-refractivity contribution in [3.8, 4) is 0 Å². The number of carbonyl (C=O) groups is 1. The maximum absolute atomic E-state index is 13.2. The Kier molecular flexibility index (Phi) is 10.2. The van der Waals surface area contributed by atoms with E-state index in [1.165, 1.54) is 44.9 Å². The number of nitrogens with one attached hydrogen (secondary N) is 3. The number of primary amides is 1. The lowest BCUT2D eigenvalue weighted by Crippen LogP contribution is -2.71. The Bertz CT molecular complexity index is 1300. The van der Waals surface area contributed by atoms with Gasteiger partial charge in [-0.25, -0.2) is 14.8 Å². The first-order chi connectivity index (χ1) is 22.5. The Morgan fingerprint density at radius 1 is 1.06 bits per heavy atom. The van der Waals surface area contributed by atoms with E-state index in [1.807, 2.05) is 12.4 Å². The second kappa shape index (κ2) is 13.9. The number of aliphatic hydroxyl groups is 1. The molecule has 0 saturated heterocycles. The van der Waals surface area contributed by atoms with E-state index in [2.05, 4.69) is 59.9 Å². The number of aromatic amines is 2. The molecule has 0 bridgehead atoms. The minimum absolute atomic E-state index is 0.0104. The fourth-order valence-electron chi connectivity index (χ4n) is 11.9. The summed E-state index contributed by atoms with van der Waals surface area (Å²) < 4.78 is 5.40. The van der Waals surface area contributed by atoms with Crippen molar-refractivity contribution in [1.29, 1.82) is 0 Å². The normalized spacial score (nSPS) is 37.9. The predicted octanol–water partition coefficient (Wildman–Crippen LogP) is 6.97. The second-order valence-electron chi connectivity index (χ2n) is 17.1. The summed E-state index contributed by atoms with van der Waals surface area (Å²) in [5.74, 6) is 4.26. The van der Waals surface area contributed by atoms with Crippen LogP contribution in [0.15, 0.2) is 25.0 Å². The van der Waals surface area contributed by atoms with Crippen LogP contribution in [0.5, 0.6) is 0 Å². The molecule has 47 heavy (non-hydrogen) atoms. The van der Waals surface area contributed by atoms with Crippen molar-refractivity contribution in [1.82, 2.24) is 25.3 Å². The van der Waals surface area contributed by atoms with Crippen LogP contribution in [0.3, 0.4) is 0 Å². The molecule has 9 heteroatoms.